The van der Waals surface area contributed by atoms with E-state index in [1.54, 1.807) is 12.4 Å². The highest BCUT2D eigenvalue weighted by Crippen LogP contribution is 2.32. The van der Waals surface area contributed by atoms with Gasteiger partial charge in [-0.2, -0.15) is 0 Å². The zero-order valence-electron chi connectivity index (χ0n) is 17.7. The second-order valence-electron chi connectivity index (χ2n) is 7.68. The van der Waals surface area contributed by atoms with Crippen LogP contribution < -0.4 is 10.3 Å². The highest BCUT2D eigenvalue weighted by molar-refractivity contribution is 5.82. The van der Waals surface area contributed by atoms with E-state index >= 15 is 0 Å². The first-order chi connectivity index (χ1) is 15.0. The van der Waals surface area contributed by atoms with Crippen LogP contribution in [-0.2, 0) is 5.54 Å². The lowest BCUT2D eigenvalue weighted by molar-refractivity contribution is 0.184. The van der Waals surface area contributed by atoms with E-state index in [0.29, 0.717) is 0 Å². The maximum atomic E-state index is 11.6. The number of benzene rings is 2. The van der Waals surface area contributed by atoms with Crippen LogP contribution in [0.4, 0.5) is 10.5 Å². The first kappa shape index (κ1) is 20.5. The molecule has 158 valence electrons. The normalized spacial score (nSPS) is 13.0. The van der Waals surface area contributed by atoms with Crippen LogP contribution in [0.25, 0.3) is 10.9 Å². The van der Waals surface area contributed by atoms with Gasteiger partial charge in [0.25, 0.3) is 0 Å². The van der Waals surface area contributed by atoms with Crippen molar-refractivity contribution in [1.29, 1.82) is 0 Å². The van der Waals surface area contributed by atoms with Gasteiger partial charge in [-0.3, -0.25) is 14.7 Å². The molecule has 0 radical (unpaired) electrons. The van der Waals surface area contributed by atoms with E-state index < -0.39 is 11.6 Å². The van der Waals surface area contributed by atoms with Crippen LogP contribution in [0.3, 0.4) is 0 Å². The minimum absolute atomic E-state index is 0.859. The van der Waals surface area contributed by atoms with E-state index in [1.165, 1.54) is 0 Å². The molecule has 0 spiro atoms. The summed E-state index contributed by atoms with van der Waals surface area (Å²) in [4.78, 5) is 15.8. The van der Waals surface area contributed by atoms with Crippen molar-refractivity contribution in [2.75, 3.05) is 11.6 Å². The number of pyridine rings is 1. The number of nitrogens with zero attached hydrogens (tertiary/aromatic N) is 3. The van der Waals surface area contributed by atoms with Crippen molar-refractivity contribution >= 4 is 22.7 Å². The molecule has 2 aromatic heterocycles. The summed E-state index contributed by atoms with van der Waals surface area (Å²) in [5.74, 6) is 0. The number of carbonyl (C=O) groups is 1. The Kier molecular flexibility index (Phi) is 5.62. The molecule has 2 aromatic carbocycles. The fourth-order valence-corrected chi connectivity index (χ4v) is 4.03. The first-order valence-electron chi connectivity index (χ1n) is 10.4. The Morgan fingerprint density at radius 3 is 2.48 bits per heavy atom. The van der Waals surface area contributed by atoms with Crippen LogP contribution in [0.15, 0.2) is 85.3 Å². The van der Waals surface area contributed by atoms with Crippen molar-refractivity contribution in [1.82, 2.24) is 15.0 Å². The summed E-state index contributed by atoms with van der Waals surface area (Å²) in [6.45, 7) is 4.91. The Hall–Kier alpha value is -3.80. The van der Waals surface area contributed by atoms with Gasteiger partial charge in [0.2, 0.25) is 0 Å². The molecule has 6 heteroatoms. The number of fused-ring (bicyclic) bond motifs is 1. The second-order valence-corrected chi connectivity index (χ2v) is 7.68. The monoisotopic (exact) mass is 414 g/mol. The average Bonchev–Trinajstić information content (AvgIpc) is 3.21. The van der Waals surface area contributed by atoms with Crippen LogP contribution in [0.5, 0.6) is 0 Å². The quantitative estimate of drug-likeness (QED) is 0.433. The number of hydrogen-bond acceptors (Lipinski definition) is 3. The first-order valence-corrected chi connectivity index (χ1v) is 10.4. The van der Waals surface area contributed by atoms with Crippen LogP contribution in [0, 0.1) is 0 Å². The minimum Gasteiger partial charge on any atom is -0.465 e. The summed E-state index contributed by atoms with van der Waals surface area (Å²) < 4.78 is 2.14. The number of nitrogens with one attached hydrogen (secondary N) is 1. The number of hydrogen-bond donors (Lipinski definition) is 2. The Labute approximate surface area is 181 Å². The Balaban J connectivity index is 1.80. The zero-order chi connectivity index (χ0) is 21.8. The van der Waals surface area contributed by atoms with E-state index in [-0.39, 0.29) is 0 Å². The van der Waals surface area contributed by atoms with Crippen molar-refractivity contribution in [3.05, 3.63) is 96.4 Å². The van der Waals surface area contributed by atoms with Crippen molar-refractivity contribution in [2.45, 2.75) is 25.8 Å². The number of anilines is 1. The molecule has 0 unspecified atom stereocenters. The molecular formula is C25H26N4O2. The molecule has 1 atom stereocenters. The molecule has 6 nitrogen and oxygen atoms in total. The Bertz CT molecular complexity index is 1170. The van der Waals surface area contributed by atoms with Gasteiger partial charge in [-0.05, 0) is 54.8 Å². The number of amides is 1. The minimum atomic E-state index is -1.06. The van der Waals surface area contributed by atoms with Crippen LogP contribution in [0.1, 0.15) is 31.4 Å². The van der Waals surface area contributed by atoms with Gasteiger partial charge in [0, 0.05) is 30.5 Å². The zero-order valence-corrected chi connectivity index (χ0v) is 17.7. The summed E-state index contributed by atoms with van der Waals surface area (Å²) in [7, 11) is 0. The second kappa shape index (κ2) is 8.52. The molecule has 0 aliphatic heterocycles. The molecule has 2 heterocycles. The summed E-state index contributed by atoms with van der Waals surface area (Å²) in [5, 5.41) is 15.5. The van der Waals surface area contributed by atoms with E-state index in [4.69, 9.17) is 0 Å². The smallest absolute Gasteiger partial charge is 0.405 e. The number of carboxylic acid groups (broad SMARTS) is 1. The fourth-order valence-electron chi connectivity index (χ4n) is 4.03. The highest BCUT2D eigenvalue weighted by Gasteiger charge is 2.31. The van der Waals surface area contributed by atoms with Gasteiger partial charge in [0.15, 0.2) is 0 Å². The predicted molar refractivity (Wildman–Crippen MR) is 123 cm³/mol. The SMILES string of the molecule is CCCN(c1ccncc1)n1ccc2cc([C@@](C)(NC(=O)O)c3ccccc3)ccc21. The molecule has 2 N–H and O–H groups in total. The van der Waals surface area contributed by atoms with E-state index in [0.717, 1.165) is 40.7 Å². The standard InChI is InChI=1S/C25H26N4O2/c1-3-16-28(22-11-14-26-15-12-22)29-17-13-19-18-21(9-10-23(19)29)25(2,27-24(30)31)20-7-5-4-6-8-20/h4-15,17-18,27H,3,16H2,1-2H3,(H,30,31)/t25-/m0/s1. The molecule has 0 aliphatic rings. The molecule has 4 rings (SSSR count). The summed E-state index contributed by atoms with van der Waals surface area (Å²) in [6, 6.07) is 21.8. The van der Waals surface area contributed by atoms with Gasteiger partial charge in [-0.1, -0.05) is 43.3 Å². The predicted octanol–water partition coefficient (Wildman–Crippen LogP) is 5.25. The van der Waals surface area contributed by atoms with Gasteiger partial charge in [-0.25, -0.2) is 4.79 Å². The average molecular weight is 415 g/mol. The lowest BCUT2D eigenvalue weighted by atomic mass is 9.84. The maximum absolute atomic E-state index is 11.6. The van der Waals surface area contributed by atoms with Crippen LogP contribution in [-0.4, -0.2) is 27.4 Å². The number of rotatable bonds is 7. The Morgan fingerprint density at radius 1 is 1.06 bits per heavy atom. The molecule has 0 aliphatic carbocycles. The maximum Gasteiger partial charge on any atom is 0.405 e. The molecule has 0 bridgehead atoms. The summed E-state index contributed by atoms with van der Waals surface area (Å²) in [6.07, 6.45) is 5.58. The van der Waals surface area contributed by atoms with Crippen molar-refractivity contribution in [3.8, 4) is 0 Å². The topological polar surface area (TPSA) is 70.4 Å². The van der Waals surface area contributed by atoms with Gasteiger partial charge in [0.1, 0.15) is 0 Å². The van der Waals surface area contributed by atoms with Gasteiger partial charge >= 0.3 is 6.09 Å². The molecular weight excluding hydrogens is 388 g/mol. The van der Waals surface area contributed by atoms with Gasteiger partial charge < -0.3 is 10.4 Å². The van der Waals surface area contributed by atoms with E-state index in [2.05, 4.69) is 51.3 Å². The van der Waals surface area contributed by atoms with Crippen molar-refractivity contribution in [2.24, 2.45) is 0 Å². The van der Waals surface area contributed by atoms with Gasteiger partial charge in [0.05, 0.1) is 16.7 Å². The van der Waals surface area contributed by atoms with Gasteiger partial charge in [-0.15, -0.1) is 0 Å². The van der Waals surface area contributed by atoms with Crippen LogP contribution >= 0.6 is 0 Å². The van der Waals surface area contributed by atoms with Crippen molar-refractivity contribution in [3.63, 3.8) is 0 Å². The Morgan fingerprint density at radius 2 is 1.81 bits per heavy atom. The molecule has 0 fully saturated rings. The third-order valence-electron chi connectivity index (χ3n) is 5.61. The molecule has 31 heavy (non-hydrogen) atoms. The third-order valence-corrected chi connectivity index (χ3v) is 5.61. The highest BCUT2D eigenvalue weighted by atomic mass is 16.4. The van der Waals surface area contributed by atoms with Crippen LogP contribution in [0.2, 0.25) is 0 Å². The fraction of sp³-hybridized carbons (Fsp3) is 0.200. The van der Waals surface area contributed by atoms with Crippen molar-refractivity contribution < 1.29 is 9.90 Å². The largest absolute Gasteiger partial charge is 0.465 e. The molecule has 0 saturated carbocycles. The lowest BCUT2D eigenvalue weighted by Gasteiger charge is -2.31. The van der Waals surface area contributed by atoms with E-state index in [1.807, 2.05) is 55.5 Å². The molecule has 0 saturated heterocycles. The number of aromatic nitrogens is 2. The lowest BCUT2D eigenvalue weighted by Crippen LogP contribution is -2.43. The third kappa shape index (κ3) is 3.97. The summed E-state index contributed by atoms with van der Waals surface area (Å²) in [5.41, 5.74) is 3.04. The molecule has 1 amide bonds. The summed E-state index contributed by atoms with van der Waals surface area (Å²) >= 11 is 0. The van der Waals surface area contributed by atoms with E-state index in [9.17, 15) is 9.90 Å². The molecule has 4 aromatic rings.